The smallest absolute Gasteiger partial charge is 0.188 e. The first-order valence-corrected chi connectivity index (χ1v) is 6.70. The first-order valence-electron chi connectivity index (χ1n) is 6.70. The number of nitrogens with two attached hydrogens (primary N) is 1. The molecular formula is C15H26IN3O. The Balaban J connectivity index is 0.00000361. The highest BCUT2D eigenvalue weighted by Gasteiger charge is 2.09. The van der Waals surface area contributed by atoms with Crippen molar-refractivity contribution in [2.45, 2.75) is 39.7 Å². The van der Waals surface area contributed by atoms with Crippen LogP contribution >= 0.6 is 24.0 Å². The molecule has 0 unspecified atom stereocenters. The molecule has 5 heteroatoms. The van der Waals surface area contributed by atoms with Gasteiger partial charge in [0.15, 0.2) is 5.96 Å². The lowest BCUT2D eigenvalue weighted by atomic mass is 10.1. The average molecular weight is 391 g/mol. The van der Waals surface area contributed by atoms with Gasteiger partial charge in [-0.15, -0.1) is 24.0 Å². The van der Waals surface area contributed by atoms with Gasteiger partial charge in [0.25, 0.3) is 0 Å². The molecule has 0 amide bonds. The second-order valence-corrected chi connectivity index (χ2v) is 5.47. The fraction of sp³-hybridized carbons (Fsp3) is 0.533. The van der Waals surface area contributed by atoms with Crippen LogP contribution in [0.1, 0.15) is 33.3 Å². The van der Waals surface area contributed by atoms with Gasteiger partial charge in [-0.1, -0.05) is 12.1 Å². The third-order valence-corrected chi connectivity index (χ3v) is 2.40. The minimum Gasteiger partial charge on any atom is -0.494 e. The number of hydrogen-bond acceptors (Lipinski definition) is 2. The monoisotopic (exact) mass is 391 g/mol. The maximum atomic E-state index is 5.82. The highest BCUT2D eigenvalue weighted by atomic mass is 127. The van der Waals surface area contributed by atoms with Crippen molar-refractivity contribution >= 4 is 29.9 Å². The van der Waals surface area contributed by atoms with Crippen LogP contribution in [0.3, 0.4) is 0 Å². The molecule has 0 radical (unpaired) electrons. The Labute approximate surface area is 139 Å². The van der Waals surface area contributed by atoms with Crippen LogP contribution in [0.25, 0.3) is 0 Å². The van der Waals surface area contributed by atoms with E-state index in [2.05, 4.69) is 37.1 Å². The number of hydrogen-bond donors (Lipinski definition) is 2. The summed E-state index contributed by atoms with van der Waals surface area (Å²) in [4.78, 5) is 4.32. The van der Waals surface area contributed by atoms with Crippen molar-refractivity contribution in [2.75, 3.05) is 13.2 Å². The standard InChI is InChI=1S/C15H25N3O.HI/c1-5-19-13-8-6-7-12(11-13)9-10-17-14(16)18-15(2,3)4;/h6-8,11H,5,9-10H2,1-4H3,(H3,16,17,18);1H. The molecule has 114 valence electrons. The Hall–Kier alpha value is -0.980. The molecule has 0 heterocycles. The molecule has 20 heavy (non-hydrogen) atoms. The van der Waals surface area contributed by atoms with Crippen molar-refractivity contribution in [2.24, 2.45) is 10.7 Å². The van der Waals surface area contributed by atoms with Gasteiger partial charge in [0.2, 0.25) is 0 Å². The maximum absolute atomic E-state index is 5.82. The van der Waals surface area contributed by atoms with Gasteiger partial charge in [-0.25, -0.2) is 0 Å². The van der Waals surface area contributed by atoms with Gasteiger partial charge in [0.1, 0.15) is 5.75 Å². The number of ether oxygens (including phenoxy) is 1. The zero-order valence-corrected chi connectivity index (χ0v) is 15.1. The lowest BCUT2D eigenvalue weighted by Gasteiger charge is -2.20. The number of nitrogens with one attached hydrogen (secondary N) is 1. The Morgan fingerprint density at radius 1 is 1.35 bits per heavy atom. The molecule has 0 aliphatic rings. The van der Waals surface area contributed by atoms with Gasteiger partial charge in [-0.05, 0) is 51.8 Å². The molecule has 0 fully saturated rings. The molecule has 0 aliphatic heterocycles. The fourth-order valence-electron chi connectivity index (χ4n) is 1.69. The van der Waals surface area contributed by atoms with Crippen molar-refractivity contribution in [3.63, 3.8) is 0 Å². The molecule has 1 aromatic rings. The summed E-state index contributed by atoms with van der Waals surface area (Å²) in [5, 5.41) is 3.14. The maximum Gasteiger partial charge on any atom is 0.188 e. The van der Waals surface area contributed by atoms with E-state index in [0.717, 1.165) is 12.2 Å². The first-order chi connectivity index (χ1) is 8.90. The van der Waals surface area contributed by atoms with Crippen molar-refractivity contribution in [3.05, 3.63) is 29.8 Å². The van der Waals surface area contributed by atoms with E-state index in [0.29, 0.717) is 19.1 Å². The predicted octanol–water partition coefficient (Wildman–Crippen LogP) is 2.95. The second-order valence-electron chi connectivity index (χ2n) is 5.47. The first kappa shape index (κ1) is 19.0. The summed E-state index contributed by atoms with van der Waals surface area (Å²) < 4.78 is 5.47. The van der Waals surface area contributed by atoms with E-state index in [1.165, 1.54) is 5.56 Å². The van der Waals surface area contributed by atoms with Crippen molar-refractivity contribution in [3.8, 4) is 5.75 Å². The lowest BCUT2D eigenvalue weighted by Crippen LogP contribution is -2.45. The third-order valence-electron chi connectivity index (χ3n) is 2.40. The van der Waals surface area contributed by atoms with E-state index in [4.69, 9.17) is 10.5 Å². The van der Waals surface area contributed by atoms with Crippen LogP contribution in [-0.2, 0) is 6.42 Å². The van der Waals surface area contributed by atoms with E-state index in [9.17, 15) is 0 Å². The molecule has 0 atom stereocenters. The van der Waals surface area contributed by atoms with E-state index in [1.807, 2.05) is 25.1 Å². The normalized spacial score (nSPS) is 11.7. The zero-order valence-electron chi connectivity index (χ0n) is 12.8. The van der Waals surface area contributed by atoms with Gasteiger partial charge in [-0.3, -0.25) is 4.99 Å². The summed E-state index contributed by atoms with van der Waals surface area (Å²) in [5.41, 5.74) is 6.97. The van der Waals surface area contributed by atoms with Gasteiger partial charge in [0, 0.05) is 12.1 Å². The van der Waals surface area contributed by atoms with Gasteiger partial charge in [-0.2, -0.15) is 0 Å². The molecule has 1 aromatic carbocycles. The van der Waals surface area contributed by atoms with Gasteiger partial charge >= 0.3 is 0 Å². The fourth-order valence-corrected chi connectivity index (χ4v) is 1.69. The molecule has 0 aromatic heterocycles. The quantitative estimate of drug-likeness (QED) is 0.461. The molecule has 0 aliphatic carbocycles. The number of rotatable bonds is 5. The summed E-state index contributed by atoms with van der Waals surface area (Å²) in [6, 6.07) is 8.09. The Bertz CT molecular complexity index is 427. The summed E-state index contributed by atoms with van der Waals surface area (Å²) in [6.45, 7) is 9.51. The van der Waals surface area contributed by atoms with Crippen LogP contribution in [-0.4, -0.2) is 24.7 Å². The van der Waals surface area contributed by atoms with Gasteiger partial charge < -0.3 is 15.8 Å². The van der Waals surface area contributed by atoms with Crippen LogP contribution in [0, 0.1) is 0 Å². The molecule has 0 spiro atoms. The average Bonchev–Trinajstić information content (AvgIpc) is 2.27. The summed E-state index contributed by atoms with van der Waals surface area (Å²) in [7, 11) is 0. The molecule has 1 rings (SSSR count). The van der Waals surface area contributed by atoms with E-state index in [-0.39, 0.29) is 29.5 Å². The highest BCUT2D eigenvalue weighted by Crippen LogP contribution is 2.13. The number of benzene rings is 1. The molecule has 3 N–H and O–H groups in total. The van der Waals surface area contributed by atoms with Crippen molar-refractivity contribution in [1.29, 1.82) is 0 Å². The van der Waals surface area contributed by atoms with Crippen LogP contribution in [0.15, 0.2) is 29.3 Å². The highest BCUT2D eigenvalue weighted by molar-refractivity contribution is 14.0. The molecular weight excluding hydrogens is 365 g/mol. The lowest BCUT2D eigenvalue weighted by molar-refractivity contribution is 0.340. The number of aliphatic imine (C=N–C) groups is 1. The Morgan fingerprint density at radius 2 is 2.05 bits per heavy atom. The topological polar surface area (TPSA) is 59.6 Å². The molecule has 0 saturated carbocycles. The number of nitrogens with zero attached hydrogens (tertiary/aromatic N) is 1. The van der Waals surface area contributed by atoms with E-state index < -0.39 is 0 Å². The minimum atomic E-state index is -0.0531. The van der Waals surface area contributed by atoms with Crippen LogP contribution in [0.4, 0.5) is 0 Å². The van der Waals surface area contributed by atoms with E-state index in [1.54, 1.807) is 0 Å². The predicted molar refractivity (Wildman–Crippen MR) is 96.1 cm³/mol. The SMILES string of the molecule is CCOc1cccc(CCN=C(N)NC(C)(C)C)c1.I. The molecule has 4 nitrogen and oxygen atoms in total. The molecule has 0 saturated heterocycles. The summed E-state index contributed by atoms with van der Waals surface area (Å²) in [6.07, 6.45) is 0.855. The van der Waals surface area contributed by atoms with Crippen molar-refractivity contribution in [1.82, 2.24) is 5.32 Å². The number of guanidine groups is 1. The summed E-state index contributed by atoms with van der Waals surface area (Å²) in [5.74, 6) is 1.40. The summed E-state index contributed by atoms with van der Waals surface area (Å²) >= 11 is 0. The third kappa shape index (κ3) is 8.24. The molecule has 0 bridgehead atoms. The second kappa shape index (κ2) is 9.05. The zero-order chi connectivity index (χ0) is 14.3. The Morgan fingerprint density at radius 3 is 2.65 bits per heavy atom. The minimum absolute atomic E-state index is 0. The van der Waals surface area contributed by atoms with Gasteiger partial charge in [0.05, 0.1) is 6.61 Å². The number of halogens is 1. The van der Waals surface area contributed by atoms with Crippen LogP contribution in [0.5, 0.6) is 5.75 Å². The van der Waals surface area contributed by atoms with E-state index >= 15 is 0 Å². The Kier molecular flexibility index (Phi) is 8.60. The largest absolute Gasteiger partial charge is 0.494 e. The van der Waals surface area contributed by atoms with Crippen molar-refractivity contribution < 1.29 is 4.74 Å². The van der Waals surface area contributed by atoms with Crippen LogP contribution in [0.2, 0.25) is 0 Å². The van der Waals surface area contributed by atoms with Crippen LogP contribution < -0.4 is 15.8 Å².